The third-order valence-corrected chi connectivity index (χ3v) is 4.02. The third kappa shape index (κ3) is 4.84. The van der Waals surface area contributed by atoms with Crippen molar-refractivity contribution in [3.63, 3.8) is 0 Å². The lowest BCUT2D eigenvalue weighted by Crippen LogP contribution is -2.18. The van der Waals surface area contributed by atoms with Gasteiger partial charge < -0.3 is 5.32 Å². The fourth-order valence-corrected chi connectivity index (χ4v) is 2.74. The van der Waals surface area contributed by atoms with E-state index >= 15 is 0 Å². The van der Waals surface area contributed by atoms with Gasteiger partial charge in [0.2, 0.25) is 5.95 Å². The first-order valence-corrected chi connectivity index (χ1v) is 8.24. The molecule has 1 aliphatic heterocycles. The van der Waals surface area contributed by atoms with Crippen LogP contribution in [0.2, 0.25) is 0 Å². The van der Waals surface area contributed by atoms with Crippen molar-refractivity contribution in [2.75, 3.05) is 5.32 Å². The molecule has 1 aliphatic rings. The van der Waals surface area contributed by atoms with Crippen LogP contribution in [0.15, 0.2) is 17.2 Å². The predicted octanol–water partition coefficient (Wildman–Crippen LogP) is 3.18. The number of rotatable bonds is 7. The second-order valence-corrected chi connectivity index (χ2v) is 6.21. The fourth-order valence-electron chi connectivity index (χ4n) is 2.07. The number of carbonyl (C=O) groups is 2. The van der Waals surface area contributed by atoms with Gasteiger partial charge in [-0.25, -0.2) is 9.97 Å². The Hall–Kier alpha value is -1.89. The monoisotopic (exact) mass is 320 g/mol. The highest BCUT2D eigenvalue weighted by atomic mass is 32.2. The van der Waals surface area contributed by atoms with E-state index in [1.54, 1.807) is 18.3 Å². The molecule has 1 unspecified atom stereocenters. The van der Waals surface area contributed by atoms with E-state index in [2.05, 4.69) is 34.4 Å². The van der Waals surface area contributed by atoms with Gasteiger partial charge in [0.15, 0.2) is 0 Å². The molecule has 2 rings (SSSR count). The van der Waals surface area contributed by atoms with Crippen molar-refractivity contribution in [2.24, 2.45) is 0 Å². The van der Waals surface area contributed by atoms with Crippen LogP contribution in [0.5, 0.6) is 0 Å². The summed E-state index contributed by atoms with van der Waals surface area (Å²) in [6.45, 7) is 4.28. The maximum absolute atomic E-state index is 11.5. The van der Waals surface area contributed by atoms with E-state index in [0.29, 0.717) is 22.6 Å². The molecule has 1 atom stereocenters. The summed E-state index contributed by atoms with van der Waals surface area (Å²) in [5.74, 6) is 0.157. The maximum Gasteiger partial charge on any atom is 0.290 e. The Balaban J connectivity index is 1.99. The highest BCUT2D eigenvalue weighted by molar-refractivity contribution is 8.18. The van der Waals surface area contributed by atoms with Gasteiger partial charge in [0, 0.05) is 12.2 Å². The van der Waals surface area contributed by atoms with Gasteiger partial charge in [0.25, 0.3) is 11.1 Å². The van der Waals surface area contributed by atoms with Gasteiger partial charge in [-0.2, -0.15) is 0 Å². The van der Waals surface area contributed by atoms with Gasteiger partial charge in [-0.05, 0) is 37.2 Å². The van der Waals surface area contributed by atoms with Crippen LogP contribution < -0.4 is 10.6 Å². The first-order chi connectivity index (χ1) is 10.6. The fraction of sp³-hybridized carbons (Fsp3) is 0.467. The molecule has 7 heteroatoms. The number of nitrogens with one attached hydrogen (secondary N) is 2. The molecule has 1 saturated heterocycles. The molecule has 1 aromatic rings. The average molecular weight is 320 g/mol. The number of anilines is 1. The molecule has 0 bridgehead atoms. The van der Waals surface area contributed by atoms with Crippen molar-refractivity contribution < 1.29 is 9.59 Å². The highest BCUT2D eigenvalue weighted by Gasteiger charge is 2.25. The van der Waals surface area contributed by atoms with Crippen LogP contribution in [0.1, 0.15) is 45.2 Å². The van der Waals surface area contributed by atoms with Crippen molar-refractivity contribution in [3.05, 3.63) is 22.9 Å². The Morgan fingerprint density at radius 1 is 1.41 bits per heavy atom. The van der Waals surface area contributed by atoms with Crippen LogP contribution in [0.3, 0.4) is 0 Å². The summed E-state index contributed by atoms with van der Waals surface area (Å²) in [5, 5.41) is 5.13. The molecule has 1 aromatic heterocycles. The molecule has 0 aromatic carbocycles. The molecule has 6 nitrogen and oxygen atoms in total. The SMILES string of the molecule is CCCCCC(C)Nc1nccc(C=C2SC(=O)NC2=O)n1. The highest BCUT2D eigenvalue weighted by Crippen LogP contribution is 2.25. The molecule has 0 radical (unpaired) electrons. The molecular weight excluding hydrogens is 300 g/mol. The summed E-state index contributed by atoms with van der Waals surface area (Å²) >= 11 is 0.883. The van der Waals surface area contributed by atoms with Crippen LogP contribution in [-0.2, 0) is 4.79 Å². The van der Waals surface area contributed by atoms with Crippen LogP contribution in [-0.4, -0.2) is 27.2 Å². The van der Waals surface area contributed by atoms with Gasteiger partial charge >= 0.3 is 0 Å². The topological polar surface area (TPSA) is 84.0 Å². The number of thioether (sulfide) groups is 1. The molecule has 0 saturated carbocycles. The minimum Gasteiger partial charge on any atom is -0.352 e. The van der Waals surface area contributed by atoms with E-state index in [4.69, 9.17) is 0 Å². The summed E-state index contributed by atoms with van der Waals surface area (Å²) < 4.78 is 0. The van der Waals surface area contributed by atoms with Gasteiger partial charge in [0.05, 0.1) is 10.6 Å². The minimum atomic E-state index is -0.379. The number of hydrogen-bond acceptors (Lipinski definition) is 6. The van der Waals surface area contributed by atoms with E-state index in [-0.39, 0.29) is 11.1 Å². The zero-order valence-corrected chi connectivity index (χ0v) is 13.6. The molecule has 0 aliphatic carbocycles. The summed E-state index contributed by atoms with van der Waals surface area (Å²) in [7, 11) is 0. The van der Waals surface area contributed by atoms with Gasteiger partial charge in [-0.15, -0.1) is 0 Å². The number of amides is 2. The van der Waals surface area contributed by atoms with Crippen LogP contribution in [0.4, 0.5) is 10.7 Å². The predicted molar refractivity (Wildman–Crippen MR) is 88.4 cm³/mol. The van der Waals surface area contributed by atoms with Crippen LogP contribution >= 0.6 is 11.8 Å². The van der Waals surface area contributed by atoms with E-state index in [9.17, 15) is 9.59 Å². The van der Waals surface area contributed by atoms with Crippen molar-refractivity contribution in [1.82, 2.24) is 15.3 Å². The molecule has 118 valence electrons. The molecule has 2 amide bonds. The first kappa shape index (κ1) is 16.5. The molecule has 0 spiro atoms. The van der Waals surface area contributed by atoms with E-state index in [1.165, 1.54) is 19.3 Å². The summed E-state index contributed by atoms with van der Waals surface area (Å²) in [4.78, 5) is 31.6. The standard InChI is InChI=1S/C15H20N4O2S/c1-3-4-5-6-10(2)17-14-16-8-7-11(18-14)9-12-13(20)19-15(21)22-12/h7-10H,3-6H2,1-2H3,(H,16,17,18)(H,19,20,21). The Morgan fingerprint density at radius 3 is 2.91 bits per heavy atom. The van der Waals surface area contributed by atoms with E-state index < -0.39 is 0 Å². The second-order valence-electron chi connectivity index (χ2n) is 5.20. The molecule has 1 fully saturated rings. The molecular formula is C15H20N4O2S. The van der Waals surface area contributed by atoms with E-state index in [0.717, 1.165) is 18.2 Å². The molecule has 2 N–H and O–H groups in total. The second kappa shape index (κ2) is 7.93. The zero-order valence-electron chi connectivity index (χ0n) is 12.8. The Bertz CT molecular complexity index is 589. The number of carbonyl (C=O) groups excluding carboxylic acids is 2. The van der Waals surface area contributed by atoms with Crippen molar-refractivity contribution >= 4 is 34.9 Å². The van der Waals surface area contributed by atoms with Crippen molar-refractivity contribution in [1.29, 1.82) is 0 Å². The van der Waals surface area contributed by atoms with Crippen molar-refractivity contribution in [2.45, 2.75) is 45.6 Å². The Kier molecular flexibility index (Phi) is 5.94. The number of hydrogen-bond donors (Lipinski definition) is 2. The first-order valence-electron chi connectivity index (χ1n) is 7.43. The number of unbranched alkanes of at least 4 members (excludes halogenated alkanes) is 2. The maximum atomic E-state index is 11.5. The smallest absolute Gasteiger partial charge is 0.290 e. The third-order valence-electron chi connectivity index (χ3n) is 3.21. The van der Waals surface area contributed by atoms with Crippen LogP contribution in [0, 0.1) is 0 Å². The lowest BCUT2D eigenvalue weighted by Gasteiger charge is -2.13. The summed E-state index contributed by atoms with van der Waals surface area (Å²) in [5.41, 5.74) is 0.602. The zero-order chi connectivity index (χ0) is 15.9. The summed E-state index contributed by atoms with van der Waals surface area (Å²) in [6.07, 6.45) is 7.89. The van der Waals surface area contributed by atoms with Gasteiger partial charge in [-0.3, -0.25) is 14.9 Å². The quantitative estimate of drug-likeness (QED) is 0.593. The minimum absolute atomic E-state index is 0.292. The van der Waals surface area contributed by atoms with Crippen LogP contribution in [0.25, 0.3) is 6.08 Å². The molecule has 2 heterocycles. The molecule has 22 heavy (non-hydrogen) atoms. The largest absolute Gasteiger partial charge is 0.352 e. The number of aromatic nitrogens is 2. The van der Waals surface area contributed by atoms with Crippen molar-refractivity contribution in [3.8, 4) is 0 Å². The Morgan fingerprint density at radius 2 is 2.23 bits per heavy atom. The lowest BCUT2D eigenvalue weighted by atomic mass is 10.1. The van der Waals surface area contributed by atoms with Gasteiger partial charge in [-0.1, -0.05) is 26.2 Å². The van der Waals surface area contributed by atoms with E-state index in [1.807, 2.05) is 0 Å². The number of imide groups is 1. The number of nitrogens with zero attached hydrogens (tertiary/aromatic N) is 2. The average Bonchev–Trinajstić information content (AvgIpc) is 2.77. The van der Waals surface area contributed by atoms with Gasteiger partial charge in [0.1, 0.15) is 0 Å². The Labute approximate surface area is 134 Å². The normalized spacial score (nSPS) is 17.6. The lowest BCUT2D eigenvalue weighted by molar-refractivity contribution is -0.115. The summed E-state index contributed by atoms with van der Waals surface area (Å²) in [6, 6.07) is 2.00.